The van der Waals surface area contributed by atoms with Crippen LogP contribution in [0.25, 0.3) is 11.6 Å². The summed E-state index contributed by atoms with van der Waals surface area (Å²) in [5.74, 6) is 0. The maximum Gasteiger partial charge on any atom is 0.417 e. The van der Waals surface area contributed by atoms with E-state index in [1.807, 2.05) is 6.07 Å². The van der Waals surface area contributed by atoms with E-state index in [1.54, 1.807) is 6.07 Å². The minimum Gasteiger partial charge on any atom is -0.383 e. The van der Waals surface area contributed by atoms with Gasteiger partial charge in [0.25, 0.3) is 5.69 Å². The maximum absolute atomic E-state index is 12.6. The SMILES string of the molecule is CNc1ccc(C=C(C#N)c2ccc(C(F)(F)F)cn2)cc1[N+](=O)[O-]. The minimum absolute atomic E-state index is 0.0137. The second-order valence-corrected chi connectivity index (χ2v) is 4.88. The van der Waals surface area contributed by atoms with Crippen LogP contribution in [0.3, 0.4) is 0 Å². The lowest BCUT2D eigenvalue weighted by Gasteiger charge is -2.06. The van der Waals surface area contributed by atoms with E-state index in [0.717, 1.165) is 12.1 Å². The van der Waals surface area contributed by atoms with Gasteiger partial charge in [0.05, 0.1) is 21.8 Å². The molecule has 0 saturated heterocycles. The molecule has 0 atom stereocenters. The molecular weight excluding hydrogens is 337 g/mol. The highest BCUT2D eigenvalue weighted by Gasteiger charge is 2.30. The molecule has 1 heterocycles. The summed E-state index contributed by atoms with van der Waals surface area (Å²) in [7, 11) is 1.53. The fourth-order valence-electron chi connectivity index (χ4n) is 2.05. The molecule has 0 aliphatic heterocycles. The summed E-state index contributed by atoms with van der Waals surface area (Å²) in [6.07, 6.45) is -2.57. The number of pyridine rings is 1. The molecule has 128 valence electrons. The van der Waals surface area contributed by atoms with Crippen molar-refractivity contribution in [2.75, 3.05) is 12.4 Å². The van der Waals surface area contributed by atoms with Crippen LogP contribution in [0.15, 0.2) is 36.5 Å². The summed E-state index contributed by atoms with van der Waals surface area (Å²) in [5, 5.41) is 23.0. The Hall–Kier alpha value is -3.41. The van der Waals surface area contributed by atoms with Gasteiger partial charge in [-0.1, -0.05) is 6.07 Å². The number of benzene rings is 1. The van der Waals surface area contributed by atoms with Gasteiger partial charge in [0.15, 0.2) is 0 Å². The largest absolute Gasteiger partial charge is 0.417 e. The van der Waals surface area contributed by atoms with Gasteiger partial charge in [0, 0.05) is 19.3 Å². The van der Waals surface area contributed by atoms with Crippen molar-refractivity contribution in [2.24, 2.45) is 0 Å². The molecule has 0 spiro atoms. The molecule has 0 aliphatic rings. The van der Waals surface area contributed by atoms with Crippen molar-refractivity contribution in [3.8, 4) is 6.07 Å². The lowest BCUT2D eigenvalue weighted by Crippen LogP contribution is -2.05. The lowest BCUT2D eigenvalue weighted by atomic mass is 10.1. The molecule has 9 heteroatoms. The number of anilines is 1. The van der Waals surface area contributed by atoms with Crippen LogP contribution >= 0.6 is 0 Å². The van der Waals surface area contributed by atoms with E-state index in [1.165, 1.54) is 25.3 Å². The summed E-state index contributed by atoms with van der Waals surface area (Å²) >= 11 is 0. The van der Waals surface area contributed by atoms with Crippen molar-refractivity contribution in [1.82, 2.24) is 4.98 Å². The van der Waals surface area contributed by atoms with Gasteiger partial charge < -0.3 is 5.32 Å². The summed E-state index contributed by atoms with van der Waals surface area (Å²) in [6.45, 7) is 0. The molecule has 0 unspecified atom stereocenters. The molecule has 1 N–H and O–H groups in total. The number of rotatable bonds is 4. The molecule has 2 rings (SSSR count). The highest BCUT2D eigenvalue weighted by Crippen LogP contribution is 2.30. The molecular formula is C16H11F3N4O2. The van der Waals surface area contributed by atoms with Crippen LogP contribution in [-0.4, -0.2) is 17.0 Å². The van der Waals surface area contributed by atoms with Crippen molar-refractivity contribution in [1.29, 1.82) is 5.26 Å². The summed E-state index contributed by atoms with van der Waals surface area (Å²) in [6, 6.07) is 8.00. The van der Waals surface area contributed by atoms with Crippen LogP contribution in [0.2, 0.25) is 0 Å². The predicted molar refractivity (Wildman–Crippen MR) is 85.4 cm³/mol. The fourth-order valence-corrected chi connectivity index (χ4v) is 2.05. The van der Waals surface area contributed by atoms with Gasteiger partial charge in [-0.05, 0) is 29.8 Å². The number of hydrogen-bond donors (Lipinski definition) is 1. The zero-order valence-corrected chi connectivity index (χ0v) is 12.8. The minimum atomic E-state index is -4.52. The Morgan fingerprint density at radius 3 is 2.56 bits per heavy atom. The Labute approximate surface area is 140 Å². The van der Waals surface area contributed by atoms with Crippen LogP contribution < -0.4 is 5.32 Å². The average molecular weight is 348 g/mol. The third kappa shape index (κ3) is 4.11. The zero-order chi connectivity index (χ0) is 18.6. The second-order valence-electron chi connectivity index (χ2n) is 4.88. The number of nitrogens with zero attached hydrogens (tertiary/aromatic N) is 3. The first kappa shape index (κ1) is 17.9. The molecule has 1 aromatic carbocycles. The first-order chi connectivity index (χ1) is 11.8. The van der Waals surface area contributed by atoms with E-state index in [4.69, 9.17) is 0 Å². The van der Waals surface area contributed by atoms with E-state index in [-0.39, 0.29) is 17.0 Å². The number of hydrogen-bond acceptors (Lipinski definition) is 5. The van der Waals surface area contributed by atoms with Gasteiger partial charge in [0.1, 0.15) is 11.8 Å². The smallest absolute Gasteiger partial charge is 0.383 e. The number of aromatic nitrogens is 1. The van der Waals surface area contributed by atoms with Crippen LogP contribution in [0.1, 0.15) is 16.8 Å². The predicted octanol–water partition coefficient (Wildman–Crippen LogP) is 4.11. The van der Waals surface area contributed by atoms with Crippen LogP contribution in [0, 0.1) is 21.4 Å². The topological polar surface area (TPSA) is 91.8 Å². The van der Waals surface area contributed by atoms with E-state index < -0.39 is 16.7 Å². The number of nitriles is 1. The first-order valence-corrected chi connectivity index (χ1v) is 6.88. The van der Waals surface area contributed by atoms with E-state index >= 15 is 0 Å². The molecule has 0 aliphatic carbocycles. The van der Waals surface area contributed by atoms with Gasteiger partial charge in [-0.25, -0.2) is 0 Å². The van der Waals surface area contributed by atoms with Crippen molar-refractivity contribution in [2.45, 2.75) is 6.18 Å². The quantitative estimate of drug-likeness (QED) is 0.510. The molecule has 25 heavy (non-hydrogen) atoms. The molecule has 0 saturated carbocycles. The van der Waals surface area contributed by atoms with Crippen LogP contribution in [0.4, 0.5) is 24.5 Å². The number of alkyl halides is 3. The molecule has 0 fully saturated rings. The summed E-state index contributed by atoms with van der Waals surface area (Å²) in [5.41, 5.74) is -0.440. The fraction of sp³-hybridized carbons (Fsp3) is 0.125. The van der Waals surface area contributed by atoms with Gasteiger partial charge in [0.2, 0.25) is 0 Å². The van der Waals surface area contributed by atoms with E-state index in [2.05, 4.69) is 10.3 Å². The van der Waals surface area contributed by atoms with Crippen molar-refractivity contribution in [3.05, 3.63) is 63.5 Å². The number of nitro groups is 1. The van der Waals surface area contributed by atoms with E-state index in [9.17, 15) is 28.5 Å². The Bertz CT molecular complexity index is 868. The second kappa shape index (κ2) is 7.00. The summed E-state index contributed by atoms with van der Waals surface area (Å²) in [4.78, 5) is 14.1. The number of nitrogens with one attached hydrogen (secondary N) is 1. The van der Waals surface area contributed by atoms with Crippen molar-refractivity contribution < 1.29 is 18.1 Å². The lowest BCUT2D eigenvalue weighted by molar-refractivity contribution is -0.383. The summed E-state index contributed by atoms with van der Waals surface area (Å²) < 4.78 is 37.7. The highest BCUT2D eigenvalue weighted by molar-refractivity contribution is 5.89. The molecule has 0 radical (unpaired) electrons. The third-order valence-electron chi connectivity index (χ3n) is 3.29. The number of halogens is 3. The van der Waals surface area contributed by atoms with E-state index in [0.29, 0.717) is 17.4 Å². The van der Waals surface area contributed by atoms with Gasteiger partial charge >= 0.3 is 6.18 Å². The standard InChI is InChI=1S/C16H11F3N4O2/c1-21-14-4-2-10(7-15(14)23(24)25)6-11(8-20)13-5-3-12(9-22-13)16(17,18)19/h2-7,9,21H,1H3. The highest BCUT2D eigenvalue weighted by atomic mass is 19.4. The zero-order valence-electron chi connectivity index (χ0n) is 12.8. The maximum atomic E-state index is 12.6. The number of nitro benzene ring substituents is 1. The normalized spacial score (nSPS) is 11.7. The van der Waals surface area contributed by atoms with Gasteiger partial charge in [-0.15, -0.1) is 0 Å². The van der Waals surface area contributed by atoms with Crippen LogP contribution in [0.5, 0.6) is 0 Å². The Kier molecular flexibility index (Phi) is 5.02. The Balaban J connectivity index is 2.43. The van der Waals surface area contributed by atoms with Crippen molar-refractivity contribution in [3.63, 3.8) is 0 Å². The number of allylic oxidation sites excluding steroid dienone is 1. The van der Waals surface area contributed by atoms with Crippen molar-refractivity contribution >= 4 is 23.0 Å². The Morgan fingerprint density at radius 1 is 1.36 bits per heavy atom. The average Bonchev–Trinajstić information content (AvgIpc) is 2.58. The van der Waals surface area contributed by atoms with Gasteiger partial charge in [-0.3, -0.25) is 15.1 Å². The molecule has 1 aromatic heterocycles. The molecule has 0 bridgehead atoms. The monoisotopic (exact) mass is 348 g/mol. The molecule has 0 amide bonds. The first-order valence-electron chi connectivity index (χ1n) is 6.88. The molecule has 6 nitrogen and oxygen atoms in total. The van der Waals surface area contributed by atoms with Crippen LogP contribution in [-0.2, 0) is 6.18 Å². The Morgan fingerprint density at radius 2 is 2.08 bits per heavy atom. The molecule has 2 aromatic rings. The third-order valence-corrected chi connectivity index (χ3v) is 3.29. The van der Waals surface area contributed by atoms with Gasteiger partial charge in [-0.2, -0.15) is 18.4 Å².